The second-order valence-electron chi connectivity index (χ2n) is 8.17. The van der Waals surface area contributed by atoms with Crippen LogP contribution in [-0.4, -0.2) is 48.6 Å². The lowest BCUT2D eigenvalue weighted by atomic mass is 9.93. The van der Waals surface area contributed by atoms with E-state index in [-0.39, 0.29) is 10.8 Å². The van der Waals surface area contributed by atoms with Crippen LogP contribution in [0.25, 0.3) is 5.65 Å². The van der Waals surface area contributed by atoms with Gasteiger partial charge in [0.25, 0.3) is 0 Å². The molecule has 6 nitrogen and oxygen atoms in total. The molecule has 0 aliphatic carbocycles. The number of piperidine rings is 1. The Balaban J connectivity index is 1.23. The zero-order valence-electron chi connectivity index (χ0n) is 16.1. The van der Waals surface area contributed by atoms with Gasteiger partial charge >= 0.3 is 0 Å². The third-order valence-corrected chi connectivity index (χ3v) is 8.44. The maximum absolute atomic E-state index is 13.6. The first-order valence-electron chi connectivity index (χ1n) is 10.3. The first-order valence-corrected chi connectivity index (χ1v) is 11.2. The monoisotopic (exact) mass is 405 g/mol. The fourth-order valence-electron chi connectivity index (χ4n) is 5.21. The molecule has 3 aliphatic heterocycles. The number of fused-ring (bicyclic) bond motifs is 2. The van der Waals surface area contributed by atoms with Crippen LogP contribution in [-0.2, 0) is 4.79 Å². The molecule has 0 saturated carbocycles. The summed E-state index contributed by atoms with van der Waals surface area (Å²) in [5.41, 5.74) is 2.14. The molecule has 3 aliphatic rings. The van der Waals surface area contributed by atoms with E-state index in [1.54, 1.807) is 6.20 Å². The van der Waals surface area contributed by atoms with Gasteiger partial charge in [0.2, 0.25) is 5.91 Å². The summed E-state index contributed by atoms with van der Waals surface area (Å²) in [6, 6.07) is 14.7. The molecule has 148 valence electrons. The number of hydrogen-bond acceptors (Lipinski definition) is 5. The van der Waals surface area contributed by atoms with Gasteiger partial charge in [-0.3, -0.25) is 4.79 Å². The molecule has 0 N–H and O–H groups in total. The van der Waals surface area contributed by atoms with Gasteiger partial charge in [-0.25, -0.2) is 4.98 Å². The van der Waals surface area contributed by atoms with Gasteiger partial charge in [-0.15, -0.1) is 11.8 Å². The molecule has 0 bridgehead atoms. The molecular weight excluding hydrogens is 382 g/mol. The summed E-state index contributed by atoms with van der Waals surface area (Å²) < 4.78 is 1.64. The van der Waals surface area contributed by atoms with Crippen LogP contribution in [0.3, 0.4) is 0 Å². The summed E-state index contributed by atoms with van der Waals surface area (Å²) in [5, 5.41) is 4.75. The number of hydrogen-bond donors (Lipinski definition) is 0. The molecule has 2 atom stereocenters. The van der Waals surface area contributed by atoms with Crippen molar-refractivity contribution in [1.82, 2.24) is 19.5 Å². The molecule has 3 saturated heterocycles. The Hall–Kier alpha value is -2.54. The topological polar surface area (TPSA) is 53.7 Å². The van der Waals surface area contributed by atoms with E-state index >= 15 is 0 Å². The average molecular weight is 406 g/mol. The fraction of sp³-hybridized carbons (Fsp3) is 0.409. The van der Waals surface area contributed by atoms with E-state index in [2.05, 4.69) is 44.1 Å². The molecule has 1 aromatic carbocycles. The number of rotatable bonds is 2. The minimum atomic E-state index is -0.259. The predicted molar refractivity (Wildman–Crippen MR) is 114 cm³/mol. The number of nitrogens with zero attached hydrogens (tertiary/aromatic N) is 5. The Morgan fingerprint density at radius 2 is 1.83 bits per heavy atom. The molecule has 6 rings (SSSR count). The maximum atomic E-state index is 13.6. The van der Waals surface area contributed by atoms with E-state index in [1.807, 2.05) is 40.7 Å². The highest BCUT2D eigenvalue weighted by Crippen LogP contribution is 2.55. The van der Waals surface area contributed by atoms with Gasteiger partial charge in [0.1, 0.15) is 10.6 Å². The Morgan fingerprint density at radius 3 is 2.66 bits per heavy atom. The highest BCUT2D eigenvalue weighted by Gasteiger charge is 2.57. The maximum Gasteiger partial charge on any atom is 0.240 e. The van der Waals surface area contributed by atoms with Crippen LogP contribution in [0.1, 0.15) is 37.3 Å². The van der Waals surface area contributed by atoms with E-state index < -0.39 is 0 Å². The van der Waals surface area contributed by atoms with Crippen molar-refractivity contribution < 1.29 is 4.79 Å². The SMILES string of the molecule is O=C1N2C(c3ccccc3)CC[C@@H]2SC12CCN(c1ccnc3ccnn13)CC2. The van der Waals surface area contributed by atoms with E-state index in [1.165, 1.54) is 5.56 Å². The first-order chi connectivity index (χ1) is 14.3. The molecule has 3 fully saturated rings. The van der Waals surface area contributed by atoms with Gasteiger partial charge in [-0.05, 0) is 37.3 Å². The van der Waals surface area contributed by atoms with Gasteiger partial charge in [0, 0.05) is 25.4 Å². The Morgan fingerprint density at radius 1 is 1.00 bits per heavy atom. The molecule has 2 aromatic heterocycles. The van der Waals surface area contributed by atoms with Gasteiger partial charge in [0.05, 0.1) is 17.6 Å². The largest absolute Gasteiger partial charge is 0.356 e. The van der Waals surface area contributed by atoms with E-state index in [4.69, 9.17) is 0 Å². The quantitative estimate of drug-likeness (QED) is 0.653. The molecule has 1 unspecified atom stereocenters. The van der Waals surface area contributed by atoms with Crippen LogP contribution in [0.5, 0.6) is 0 Å². The van der Waals surface area contributed by atoms with Gasteiger partial charge < -0.3 is 9.80 Å². The summed E-state index contributed by atoms with van der Waals surface area (Å²) in [6.07, 6.45) is 7.56. The van der Waals surface area contributed by atoms with Crippen molar-refractivity contribution in [3.63, 3.8) is 0 Å². The Bertz CT molecular complexity index is 1060. The van der Waals surface area contributed by atoms with Crippen LogP contribution in [0.15, 0.2) is 54.9 Å². The van der Waals surface area contributed by atoms with Crippen LogP contribution in [0.2, 0.25) is 0 Å². The average Bonchev–Trinajstić information content (AvgIpc) is 3.46. The number of carbonyl (C=O) groups excluding carboxylic acids is 1. The highest BCUT2D eigenvalue weighted by atomic mass is 32.2. The summed E-state index contributed by atoms with van der Waals surface area (Å²) in [4.78, 5) is 22.5. The lowest BCUT2D eigenvalue weighted by Gasteiger charge is -2.38. The van der Waals surface area contributed by atoms with E-state index in [0.717, 1.165) is 50.2 Å². The second kappa shape index (κ2) is 6.49. The highest BCUT2D eigenvalue weighted by molar-refractivity contribution is 8.02. The van der Waals surface area contributed by atoms with Crippen LogP contribution in [0, 0.1) is 0 Å². The van der Waals surface area contributed by atoms with Crippen LogP contribution >= 0.6 is 11.8 Å². The smallest absolute Gasteiger partial charge is 0.240 e. The van der Waals surface area contributed by atoms with E-state index in [0.29, 0.717) is 11.3 Å². The predicted octanol–water partition coefficient (Wildman–Crippen LogP) is 3.50. The van der Waals surface area contributed by atoms with Crippen LogP contribution < -0.4 is 4.90 Å². The third kappa shape index (κ3) is 2.60. The minimum Gasteiger partial charge on any atom is -0.356 e. The number of carbonyl (C=O) groups is 1. The van der Waals surface area contributed by atoms with E-state index in [9.17, 15) is 4.79 Å². The van der Waals surface area contributed by atoms with Crippen molar-refractivity contribution >= 4 is 29.1 Å². The molecule has 1 amide bonds. The molecule has 0 radical (unpaired) electrons. The van der Waals surface area contributed by atoms with Crippen molar-refractivity contribution in [3.05, 3.63) is 60.4 Å². The Labute approximate surface area is 173 Å². The molecule has 7 heteroatoms. The standard InChI is InChI=1S/C22H23N5OS/c28-21-22(29-20-7-6-17(26(20)21)16-4-2-1-3-5-16)10-14-25(15-11-22)19-9-12-23-18-8-13-24-27(18)19/h1-5,8-9,12-13,17,20H,6-7,10-11,14-15H2/t17?,20-/m0/s1. The van der Waals surface area contributed by atoms with Gasteiger partial charge in [-0.2, -0.15) is 9.61 Å². The number of amides is 1. The zero-order valence-corrected chi connectivity index (χ0v) is 17.0. The Kier molecular flexibility index (Phi) is 3.88. The van der Waals surface area contributed by atoms with Gasteiger partial charge in [-0.1, -0.05) is 30.3 Å². The van der Waals surface area contributed by atoms with Gasteiger partial charge in [0.15, 0.2) is 5.65 Å². The van der Waals surface area contributed by atoms with Crippen molar-refractivity contribution in [2.24, 2.45) is 0 Å². The van der Waals surface area contributed by atoms with Crippen LogP contribution in [0.4, 0.5) is 5.82 Å². The summed E-state index contributed by atoms with van der Waals surface area (Å²) in [6.45, 7) is 1.74. The third-order valence-electron chi connectivity index (χ3n) is 6.67. The van der Waals surface area contributed by atoms with Crippen molar-refractivity contribution in [3.8, 4) is 0 Å². The van der Waals surface area contributed by atoms with Crippen molar-refractivity contribution in [2.45, 2.75) is 41.8 Å². The summed E-state index contributed by atoms with van der Waals surface area (Å²) >= 11 is 1.93. The normalized spacial score (nSPS) is 25.9. The molecule has 3 aromatic rings. The minimum absolute atomic E-state index is 0.238. The molecule has 1 spiro atoms. The second-order valence-corrected chi connectivity index (χ2v) is 9.74. The fourth-order valence-corrected chi connectivity index (χ4v) is 6.96. The summed E-state index contributed by atoms with van der Waals surface area (Å²) in [7, 11) is 0. The summed E-state index contributed by atoms with van der Waals surface area (Å²) in [5.74, 6) is 1.42. The lowest BCUT2D eigenvalue weighted by molar-refractivity contribution is -0.134. The zero-order chi connectivity index (χ0) is 19.4. The molecule has 5 heterocycles. The lowest BCUT2D eigenvalue weighted by Crippen LogP contribution is -2.48. The van der Waals surface area contributed by atoms with Crippen molar-refractivity contribution in [1.29, 1.82) is 0 Å². The number of benzene rings is 1. The number of aromatic nitrogens is 3. The number of anilines is 1. The molecular formula is C22H23N5OS. The first kappa shape index (κ1) is 17.3. The number of thioether (sulfide) groups is 1. The van der Waals surface area contributed by atoms with Crippen molar-refractivity contribution in [2.75, 3.05) is 18.0 Å². The molecule has 29 heavy (non-hydrogen) atoms.